The first-order valence-electron chi connectivity index (χ1n) is 8.58. The van der Waals surface area contributed by atoms with Crippen molar-refractivity contribution in [2.24, 2.45) is 5.73 Å². The van der Waals surface area contributed by atoms with Gasteiger partial charge in [-0.2, -0.15) is 4.31 Å². The van der Waals surface area contributed by atoms with Crippen LogP contribution in [0.3, 0.4) is 0 Å². The lowest BCUT2D eigenvalue weighted by Crippen LogP contribution is -2.41. The van der Waals surface area contributed by atoms with E-state index >= 15 is 0 Å². The molecule has 1 fully saturated rings. The number of hydrogen-bond acceptors (Lipinski definition) is 6. The van der Waals surface area contributed by atoms with Crippen molar-refractivity contribution in [2.45, 2.75) is 24.8 Å². The first-order valence-corrected chi connectivity index (χ1v) is 10.2. The minimum atomic E-state index is -3.42. The number of carbonyl (C=O) groups is 1. The Kier molecular flexibility index (Phi) is 10.2. The smallest absolute Gasteiger partial charge is 0.222 e. The molecule has 2 rings (SSSR count). The molecule has 1 aliphatic heterocycles. The molecule has 1 aromatic rings. The van der Waals surface area contributed by atoms with Crippen molar-refractivity contribution >= 4 is 28.3 Å². The lowest BCUT2D eigenvalue weighted by atomic mass is 10.1. The van der Waals surface area contributed by atoms with Gasteiger partial charge in [-0.25, -0.2) is 8.42 Å². The maximum Gasteiger partial charge on any atom is 0.222 e. The Morgan fingerprint density at radius 2 is 1.93 bits per heavy atom. The van der Waals surface area contributed by atoms with E-state index in [1.807, 2.05) is 12.1 Å². The van der Waals surface area contributed by atoms with E-state index < -0.39 is 10.0 Å². The normalized spacial score (nSPS) is 16.4. The van der Waals surface area contributed by atoms with Crippen molar-refractivity contribution in [1.82, 2.24) is 9.62 Å². The zero-order valence-corrected chi connectivity index (χ0v) is 17.1. The lowest BCUT2D eigenvalue weighted by Gasteiger charge is -2.26. The third-order valence-electron chi connectivity index (χ3n) is 4.31. The highest BCUT2D eigenvalue weighted by atomic mass is 35.5. The van der Waals surface area contributed by atoms with Crippen molar-refractivity contribution in [2.75, 3.05) is 40.0 Å². The topological polar surface area (TPSA) is 111 Å². The molecule has 8 nitrogen and oxygen atoms in total. The number of nitrogens with two attached hydrogens (primary N) is 1. The van der Waals surface area contributed by atoms with E-state index in [-0.39, 0.29) is 49.7 Å². The number of hydrogen-bond donors (Lipinski definition) is 2. The quantitative estimate of drug-likeness (QED) is 0.591. The van der Waals surface area contributed by atoms with E-state index in [0.29, 0.717) is 31.9 Å². The van der Waals surface area contributed by atoms with Crippen LogP contribution in [0.1, 0.15) is 17.5 Å². The second-order valence-electron chi connectivity index (χ2n) is 6.11. The van der Waals surface area contributed by atoms with Crippen LogP contribution in [0.25, 0.3) is 0 Å². The largest absolute Gasteiger partial charge is 0.380 e. The molecule has 1 aliphatic rings. The average molecular weight is 422 g/mol. The Balaban J connectivity index is 0.00000364. The summed E-state index contributed by atoms with van der Waals surface area (Å²) in [5, 5.41) is 2.80. The average Bonchev–Trinajstić information content (AvgIpc) is 2.66. The molecule has 154 valence electrons. The van der Waals surface area contributed by atoms with E-state index in [1.165, 1.54) is 11.4 Å². The number of rotatable bonds is 9. The van der Waals surface area contributed by atoms with Crippen LogP contribution in [0.2, 0.25) is 0 Å². The molecule has 0 saturated carbocycles. The van der Waals surface area contributed by atoms with Gasteiger partial charge in [-0.05, 0) is 11.1 Å². The third kappa shape index (κ3) is 7.36. The van der Waals surface area contributed by atoms with Gasteiger partial charge in [0, 0.05) is 33.3 Å². The highest BCUT2D eigenvalue weighted by Gasteiger charge is 2.25. The molecule has 1 heterocycles. The van der Waals surface area contributed by atoms with Crippen molar-refractivity contribution in [3.05, 3.63) is 35.4 Å². The van der Waals surface area contributed by atoms with Gasteiger partial charge >= 0.3 is 0 Å². The lowest BCUT2D eigenvalue weighted by molar-refractivity contribution is -0.123. The second kappa shape index (κ2) is 11.6. The molecule has 3 N–H and O–H groups in total. The number of methoxy groups -OCH3 is 1. The molecule has 27 heavy (non-hydrogen) atoms. The Morgan fingerprint density at radius 3 is 2.52 bits per heavy atom. The Labute approximate surface area is 166 Å². The van der Waals surface area contributed by atoms with Gasteiger partial charge < -0.3 is 20.5 Å². The fourth-order valence-corrected chi connectivity index (χ4v) is 4.28. The zero-order chi connectivity index (χ0) is 19.0. The molecular formula is C17H28ClN3O5S. The summed E-state index contributed by atoms with van der Waals surface area (Å²) in [6.45, 7) is 2.10. The number of ether oxygens (including phenoxy) is 2. The first-order chi connectivity index (χ1) is 12.5. The van der Waals surface area contributed by atoms with Crippen LogP contribution in [-0.4, -0.2) is 64.7 Å². The predicted octanol–water partition coefficient (Wildman–Crippen LogP) is 0.250. The number of nitrogens with one attached hydrogen (secondary N) is 1. The van der Waals surface area contributed by atoms with Gasteiger partial charge in [0.25, 0.3) is 0 Å². The van der Waals surface area contributed by atoms with Crippen LogP contribution < -0.4 is 11.1 Å². The van der Waals surface area contributed by atoms with Crippen molar-refractivity contribution < 1.29 is 22.7 Å². The number of sulfonamides is 1. The fourth-order valence-electron chi connectivity index (χ4n) is 2.72. The number of halogens is 1. The summed E-state index contributed by atoms with van der Waals surface area (Å²) in [6.07, 6.45) is -0.159. The van der Waals surface area contributed by atoms with Crippen molar-refractivity contribution in [1.29, 1.82) is 0 Å². The van der Waals surface area contributed by atoms with Crippen LogP contribution in [0, 0.1) is 0 Å². The molecule has 1 amide bonds. The maximum atomic E-state index is 12.6. The number of carbonyl (C=O) groups excluding carboxylic acids is 1. The minimum Gasteiger partial charge on any atom is -0.380 e. The molecule has 0 radical (unpaired) electrons. The third-order valence-corrected chi connectivity index (χ3v) is 6.13. The van der Waals surface area contributed by atoms with Gasteiger partial charge in [-0.3, -0.25) is 4.79 Å². The van der Waals surface area contributed by atoms with Gasteiger partial charge in [-0.15, -0.1) is 12.4 Å². The fraction of sp³-hybridized carbons (Fsp3) is 0.588. The number of benzene rings is 1. The molecule has 0 aliphatic carbocycles. The summed E-state index contributed by atoms with van der Waals surface area (Å²) < 4.78 is 37.0. The zero-order valence-electron chi connectivity index (χ0n) is 15.4. The maximum absolute atomic E-state index is 12.6. The van der Waals surface area contributed by atoms with Gasteiger partial charge in [0.1, 0.15) is 0 Å². The van der Waals surface area contributed by atoms with E-state index in [2.05, 4.69) is 5.32 Å². The van der Waals surface area contributed by atoms with E-state index in [0.717, 1.165) is 5.56 Å². The van der Waals surface area contributed by atoms with Crippen molar-refractivity contribution in [3.63, 3.8) is 0 Å². The summed E-state index contributed by atoms with van der Waals surface area (Å²) >= 11 is 0. The molecule has 10 heteroatoms. The predicted molar refractivity (Wildman–Crippen MR) is 105 cm³/mol. The molecule has 1 atom stereocenters. The molecule has 1 aromatic carbocycles. The van der Waals surface area contributed by atoms with Crippen molar-refractivity contribution in [3.8, 4) is 0 Å². The Hall–Kier alpha value is -1.23. The van der Waals surface area contributed by atoms with Crippen LogP contribution in [0.15, 0.2) is 24.3 Å². The SMILES string of the molecule is COC(CN)CC(=O)NCc1ccccc1CS(=O)(=O)N1CCOCC1.Cl. The van der Waals surface area contributed by atoms with Gasteiger partial charge in [0.2, 0.25) is 15.9 Å². The molecule has 1 saturated heterocycles. The highest BCUT2D eigenvalue weighted by Crippen LogP contribution is 2.16. The van der Waals surface area contributed by atoms with Gasteiger partial charge in [-0.1, -0.05) is 24.3 Å². The molecule has 0 spiro atoms. The summed E-state index contributed by atoms with van der Waals surface area (Å²) in [4.78, 5) is 12.0. The Morgan fingerprint density at radius 1 is 1.30 bits per heavy atom. The van der Waals surface area contributed by atoms with E-state index in [9.17, 15) is 13.2 Å². The Bertz CT molecular complexity index is 692. The summed E-state index contributed by atoms with van der Waals surface area (Å²) in [5.74, 6) is -0.282. The molecule has 1 unspecified atom stereocenters. The standard InChI is InChI=1S/C17H27N3O5S.ClH/c1-24-16(11-18)10-17(21)19-12-14-4-2-3-5-15(14)13-26(22,23)20-6-8-25-9-7-20;/h2-5,16H,6-13,18H2,1H3,(H,19,21);1H. The van der Waals surface area contributed by atoms with Gasteiger partial charge in [0.05, 0.1) is 31.5 Å². The second-order valence-corrected chi connectivity index (χ2v) is 8.08. The summed E-state index contributed by atoms with van der Waals surface area (Å²) in [7, 11) is -1.91. The first kappa shape index (κ1) is 23.8. The highest BCUT2D eigenvalue weighted by molar-refractivity contribution is 7.88. The number of morpholine rings is 1. The van der Waals surface area contributed by atoms with Crippen LogP contribution in [0.5, 0.6) is 0 Å². The van der Waals surface area contributed by atoms with E-state index in [1.54, 1.807) is 12.1 Å². The molecule has 0 bridgehead atoms. The monoisotopic (exact) mass is 421 g/mol. The van der Waals surface area contributed by atoms with Crippen LogP contribution in [0.4, 0.5) is 0 Å². The van der Waals surface area contributed by atoms with Gasteiger partial charge in [0.15, 0.2) is 0 Å². The number of nitrogens with zero attached hydrogens (tertiary/aromatic N) is 1. The van der Waals surface area contributed by atoms with Crippen LogP contribution >= 0.6 is 12.4 Å². The van der Waals surface area contributed by atoms with E-state index in [4.69, 9.17) is 15.2 Å². The summed E-state index contributed by atoms with van der Waals surface area (Å²) in [5.41, 5.74) is 6.98. The minimum absolute atomic E-state index is 0. The number of amides is 1. The molecule has 0 aromatic heterocycles. The summed E-state index contributed by atoms with van der Waals surface area (Å²) in [6, 6.07) is 7.22. The van der Waals surface area contributed by atoms with Crippen LogP contribution in [-0.2, 0) is 36.6 Å². The molecular weight excluding hydrogens is 394 g/mol.